The van der Waals surface area contributed by atoms with Gasteiger partial charge in [0.15, 0.2) is 29.7 Å². The van der Waals surface area contributed by atoms with Gasteiger partial charge in [0.25, 0.3) is 0 Å². The summed E-state index contributed by atoms with van der Waals surface area (Å²) >= 11 is 5.93. The molecule has 9 nitrogen and oxygen atoms in total. The van der Waals surface area contributed by atoms with Crippen LogP contribution in [0, 0.1) is 0 Å². The third-order valence-corrected chi connectivity index (χ3v) is 6.25. The molecular formula is C24H18ClNO8S. The summed E-state index contributed by atoms with van der Waals surface area (Å²) in [7, 11) is -3.39. The van der Waals surface area contributed by atoms with Gasteiger partial charge in [-0.05, 0) is 31.2 Å². The Labute approximate surface area is 206 Å². The molecule has 0 heterocycles. The Balaban J connectivity index is 1.98. The van der Waals surface area contributed by atoms with E-state index < -0.39 is 46.3 Å². The van der Waals surface area contributed by atoms with E-state index in [0.29, 0.717) is 5.02 Å². The third kappa shape index (κ3) is 4.45. The van der Waals surface area contributed by atoms with Crippen LogP contribution in [0.25, 0.3) is 0 Å². The number of anilines is 2. The third-order valence-electron chi connectivity index (χ3n) is 5.23. The fourth-order valence-electron chi connectivity index (χ4n) is 3.75. The molecule has 1 aliphatic carbocycles. The molecule has 0 fully saturated rings. The Bertz CT molecular complexity index is 1420. The first-order chi connectivity index (χ1) is 16.7. The SMILES string of the molecule is CCOC(=O)COc1cc(N(c2ccc(Cl)cc2)[SH](=O)=O)c2c(c1O)C(=O)c1ccccc1C2=O. The van der Waals surface area contributed by atoms with Crippen molar-refractivity contribution in [3.05, 3.63) is 81.9 Å². The summed E-state index contributed by atoms with van der Waals surface area (Å²) in [6, 6.07) is 12.8. The molecule has 0 radical (unpaired) electrons. The number of ketones is 2. The van der Waals surface area contributed by atoms with Gasteiger partial charge in [-0.15, -0.1) is 0 Å². The van der Waals surface area contributed by atoms with Crippen molar-refractivity contribution in [3.63, 3.8) is 0 Å². The van der Waals surface area contributed by atoms with Gasteiger partial charge in [0.1, 0.15) is 0 Å². The van der Waals surface area contributed by atoms with Gasteiger partial charge in [0.05, 0.1) is 29.1 Å². The second-order valence-electron chi connectivity index (χ2n) is 7.32. The summed E-state index contributed by atoms with van der Waals surface area (Å²) in [4.78, 5) is 38.6. The number of carbonyl (C=O) groups is 3. The lowest BCUT2D eigenvalue weighted by molar-refractivity contribution is -0.145. The van der Waals surface area contributed by atoms with Gasteiger partial charge in [-0.25, -0.2) is 17.5 Å². The zero-order valence-electron chi connectivity index (χ0n) is 18.2. The lowest BCUT2D eigenvalue weighted by atomic mass is 9.82. The van der Waals surface area contributed by atoms with Gasteiger partial charge < -0.3 is 14.6 Å². The smallest absolute Gasteiger partial charge is 0.344 e. The van der Waals surface area contributed by atoms with Gasteiger partial charge in [0, 0.05) is 22.2 Å². The van der Waals surface area contributed by atoms with E-state index in [2.05, 4.69) is 0 Å². The minimum atomic E-state index is -3.39. The van der Waals surface area contributed by atoms with E-state index in [9.17, 15) is 27.9 Å². The van der Waals surface area contributed by atoms with Crippen LogP contribution in [-0.2, 0) is 20.4 Å². The highest BCUT2D eigenvalue weighted by atomic mass is 35.5. The fourth-order valence-corrected chi connectivity index (χ4v) is 4.54. The van der Waals surface area contributed by atoms with E-state index in [1.807, 2.05) is 0 Å². The molecule has 0 atom stereocenters. The number of esters is 1. The maximum atomic E-state index is 13.5. The van der Waals surface area contributed by atoms with Crippen LogP contribution in [0.4, 0.5) is 11.4 Å². The van der Waals surface area contributed by atoms with E-state index >= 15 is 0 Å². The monoisotopic (exact) mass is 515 g/mol. The molecule has 180 valence electrons. The van der Waals surface area contributed by atoms with Crippen molar-refractivity contribution < 1.29 is 37.4 Å². The summed E-state index contributed by atoms with van der Waals surface area (Å²) < 4.78 is 35.8. The molecule has 11 heteroatoms. The first-order valence-electron chi connectivity index (χ1n) is 10.3. The Morgan fingerprint density at radius 2 is 1.60 bits per heavy atom. The largest absolute Gasteiger partial charge is 0.504 e. The molecule has 3 aromatic rings. The summed E-state index contributed by atoms with van der Waals surface area (Å²) in [6.07, 6.45) is 0. The summed E-state index contributed by atoms with van der Waals surface area (Å²) in [6.45, 7) is 1.07. The number of fused-ring (bicyclic) bond motifs is 2. The number of aromatic hydroxyl groups is 1. The van der Waals surface area contributed by atoms with Crippen molar-refractivity contribution in [2.75, 3.05) is 17.5 Å². The van der Waals surface area contributed by atoms with Gasteiger partial charge >= 0.3 is 5.97 Å². The second kappa shape index (κ2) is 9.77. The molecule has 3 aromatic carbocycles. The molecule has 0 spiro atoms. The Kier molecular flexibility index (Phi) is 6.77. The van der Waals surface area contributed by atoms with Crippen LogP contribution in [0.2, 0.25) is 5.02 Å². The van der Waals surface area contributed by atoms with Crippen LogP contribution in [0.5, 0.6) is 11.5 Å². The molecule has 0 aliphatic heterocycles. The van der Waals surface area contributed by atoms with E-state index in [1.54, 1.807) is 19.1 Å². The van der Waals surface area contributed by atoms with Crippen LogP contribution < -0.4 is 9.04 Å². The average molecular weight is 516 g/mol. The molecule has 0 saturated carbocycles. The summed E-state index contributed by atoms with van der Waals surface area (Å²) in [5, 5.41) is 11.3. The molecule has 0 amide bonds. The average Bonchev–Trinajstić information content (AvgIpc) is 2.83. The molecule has 0 unspecified atom stereocenters. The second-order valence-corrected chi connectivity index (χ2v) is 8.63. The van der Waals surface area contributed by atoms with Gasteiger partial charge in [-0.3, -0.25) is 9.59 Å². The van der Waals surface area contributed by atoms with E-state index in [1.165, 1.54) is 36.4 Å². The highest BCUT2D eigenvalue weighted by Gasteiger charge is 2.38. The van der Waals surface area contributed by atoms with Crippen LogP contribution in [0.1, 0.15) is 38.8 Å². The zero-order valence-corrected chi connectivity index (χ0v) is 19.8. The first-order valence-corrected chi connectivity index (χ1v) is 11.8. The number of hydrogen-bond acceptors (Lipinski definition) is 8. The van der Waals surface area contributed by atoms with Crippen molar-refractivity contribution >= 4 is 51.4 Å². The minimum Gasteiger partial charge on any atom is -0.504 e. The lowest BCUT2D eigenvalue weighted by Crippen LogP contribution is -2.26. The van der Waals surface area contributed by atoms with Crippen molar-refractivity contribution in [1.82, 2.24) is 0 Å². The molecule has 0 aromatic heterocycles. The fraction of sp³-hybridized carbons (Fsp3) is 0.125. The van der Waals surface area contributed by atoms with Gasteiger partial charge in [-0.2, -0.15) is 0 Å². The summed E-state index contributed by atoms with van der Waals surface area (Å²) in [5.41, 5.74) is -0.761. The van der Waals surface area contributed by atoms with Crippen LogP contribution in [0.15, 0.2) is 54.6 Å². The molecule has 1 N–H and O–H groups in total. The van der Waals surface area contributed by atoms with Crippen LogP contribution >= 0.6 is 11.6 Å². The van der Waals surface area contributed by atoms with Crippen molar-refractivity contribution in [1.29, 1.82) is 0 Å². The normalized spacial score (nSPS) is 12.2. The number of hydrogen-bond donors (Lipinski definition) is 2. The molecule has 4 rings (SSSR count). The maximum Gasteiger partial charge on any atom is 0.344 e. The summed E-state index contributed by atoms with van der Waals surface area (Å²) in [5.74, 6) is -3.18. The van der Waals surface area contributed by atoms with E-state index in [0.717, 1.165) is 10.4 Å². The topological polar surface area (TPSA) is 127 Å². The minimum absolute atomic E-state index is 0.0401. The highest BCUT2D eigenvalue weighted by molar-refractivity contribution is 7.74. The quantitative estimate of drug-likeness (QED) is 0.283. The predicted octanol–water partition coefficient (Wildman–Crippen LogP) is 3.43. The zero-order chi connectivity index (χ0) is 25.3. The lowest BCUT2D eigenvalue weighted by Gasteiger charge is -2.27. The molecule has 0 bridgehead atoms. The Morgan fingerprint density at radius 3 is 2.17 bits per heavy atom. The number of nitrogens with zero attached hydrogens (tertiary/aromatic N) is 1. The number of carbonyl (C=O) groups excluding carboxylic acids is 3. The first kappa shape index (κ1) is 24.2. The number of halogens is 1. The maximum absolute atomic E-state index is 13.5. The van der Waals surface area contributed by atoms with E-state index in [-0.39, 0.29) is 40.4 Å². The van der Waals surface area contributed by atoms with Crippen molar-refractivity contribution in [3.8, 4) is 11.5 Å². The van der Waals surface area contributed by atoms with Crippen molar-refractivity contribution in [2.24, 2.45) is 0 Å². The number of phenolic OH excluding ortho intramolecular Hbond substituents is 1. The van der Waals surface area contributed by atoms with Gasteiger partial charge in [0.2, 0.25) is 10.9 Å². The highest BCUT2D eigenvalue weighted by Crippen LogP contribution is 2.45. The molecular weight excluding hydrogens is 498 g/mol. The van der Waals surface area contributed by atoms with Gasteiger partial charge in [-0.1, -0.05) is 35.9 Å². The number of phenols is 1. The Morgan fingerprint density at radius 1 is 1.00 bits per heavy atom. The number of ether oxygens (including phenoxy) is 2. The van der Waals surface area contributed by atoms with Crippen LogP contribution in [-0.4, -0.2) is 44.3 Å². The van der Waals surface area contributed by atoms with E-state index in [4.69, 9.17) is 21.1 Å². The number of benzene rings is 3. The number of thiol groups is 1. The van der Waals surface area contributed by atoms with Crippen molar-refractivity contribution in [2.45, 2.75) is 6.92 Å². The standard InChI is InChI=1S/C24H18ClNO8S/c1-2-33-19(27)12-34-18-11-17(26(35(31)32)14-9-7-13(25)8-10-14)20-21(24(18)30)23(29)16-6-4-3-5-15(16)22(20)28/h3-11,30,35H,2,12H2,1H3. The molecule has 35 heavy (non-hydrogen) atoms. The number of rotatable bonds is 7. The van der Waals surface area contributed by atoms with Crippen LogP contribution in [0.3, 0.4) is 0 Å². The predicted molar refractivity (Wildman–Crippen MR) is 127 cm³/mol. The molecule has 0 saturated heterocycles. The Hall–Kier alpha value is -3.89. The molecule has 1 aliphatic rings.